The van der Waals surface area contributed by atoms with Crippen molar-refractivity contribution in [3.8, 4) is 22.6 Å². The molecule has 40 heavy (non-hydrogen) atoms. The van der Waals surface area contributed by atoms with Gasteiger partial charge in [0.1, 0.15) is 18.1 Å². The molecule has 0 aliphatic heterocycles. The second kappa shape index (κ2) is 14.2. The zero-order valence-electron chi connectivity index (χ0n) is 22.8. The fourth-order valence-corrected chi connectivity index (χ4v) is 3.98. The van der Waals surface area contributed by atoms with Crippen LogP contribution in [0.15, 0.2) is 60.8 Å². The summed E-state index contributed by atoms with van der Waals surface area (Å²) in [5, 5.41) is 13.4. The lowest BCUT2D eigenvalue weighted by molar-refractivity contribution is 0.0179. The SMILES string of the molecule is COCCOCCOCCOc1cc(Nc2ncc3cc(-c4cc(C(=O)O)ccc4C)ccc3n2)cc(OC)c1. The van der Waals surface area contributed by atoms with Crippen LogP contribution in [0.4, 0.5) is 11.6 Å². The monoisotopic (exact) mass is 547 g/mol. The van der Waals surface area contributed by atoms with E-state index in [2.05, 4.69) is 15.3 Å². The Hall–Kier alpha value is -4.25. The summed E-state index contributed by atoms with van der Waals surface area (Å²) < 4.78 is 27.1. The zero-order chi connectivity index (χ0) is 28.3. The number of aromatic carboxylic acids is 1. The molecule has 0 amide bonds. The average Bonchev–Trinajstić information content (AvgIpc) is 2.96. The van der Waals surface area contributed by atoms with Crippen LogP contribution in [0.25, 0.3) is 22.0 Å². The van der Waals surface area contributed by atoms with Gasteiger partial charge in [-0.1, -0.05) is 12.1 Å². The maximum absolute atomic E-state index is 11.4. The Balaban J connectivity index is 1.40. The molecule has 1 aromatic heterocycles. The topological polar surface area (TPSA) is 121 Å². The number of aryl methyl sites for hydroxylation is 1. The number of benzene rings is 3. The molecule has 0 saturated carbocycles. The lowest BCUT2D eigenvalue weighted by Gasteiger charge is -2.12. The second-order valence-corrected chi connectivity index (χ2v) is 8.89. The number of hydrogen-bond acceptors (Lipinski definition) is 9. The van der Waals surface area contributed by atoms with Crippen LogP contribution in [0.2, 0.25) is 0 Å². The van der Waals surface area contributed by atoms with Gasteiger partial charge >= 0.3 is 5.97 Å². The molecule has 4 rings (SSSR count). The van der Waals surface area contributed by atoms with Crippen molar-refractivity contribution >= 4 is 28.5 Å². The molecule has 10 heteroatoms. The number of rotatable bonds is 15. The highest BCUT2D eigenvalue weighted by molar-refractivity contribution is 5.91. The van der Waals surface area contributed by atoms with Crippen LogP contribution in [-0.4, -0.2) is 74.9 Å². The van der Waals surface area contributed by atoms with Gasteiger partial charge in [0.25, 0.3) is 0 Å². The van der Waals surface area contributed by atoms with Crippen molar-refractivity contribution in [2.75, 3.05) is 59.2 Å². The first-order valence-electron chi connectivity index (χ1n) is 12.8. The van der Waals surface area contributed by atoms with Gasteiger partial charge in [-0.2, -0.15) is 0 Å². The summed E-state index contributed by atoms with van der Waals surface area (Å²) in [4.78, 5) is 20.5. The molecular weight excluding hydrogens is 514 g/mol. The molecule has 0 fully saturated rings. The average molecular weight is 548 g/mol. The third kappa shape index (κ3) is 7.89. The van der Waals surface area contributed by atoms with Gasteiger partial charge in [-0.15, -0.1) is 0 Å². The van der Waals surface area contributed by atoms with E-state index in [1.165, 1.54) is 0 Å². The largest absolute Gasteiger partial charge is 0.497 e. The van der Waals surface area contributed by atoms with E-state index in [1.54, 1.807) is 38.6 Å². The zero-order valence-corrected chi connectivity index (χ0v) is 22.8. The predicted molar refractivity (Wildman–Crippen MR) is 152 cm³/mol. The Morgan fingerprint density at radius 2 is 1.62 bits per heavy atom. The molecule has 0 aliphatic rings. The number of nitrogens with zero attached hydrogens (tertiary/aromatic N) is 2. The summed E-state index contributed by atoms with van der Waals surface area (Å²) in [6.07, 6.45) is 1.73. The minimum atomic E-state index is -0.958. The van der Waals surface area contributed by atoms with Crippen LogP contribution >= 0.6 is 0 Å². The molecule has 0 radical (unpaired) electrons. The Kier molecular flexibility index (Phi) is 10.2. The Morgan fingerprint density at radius 3 is 2.38 bits per heavy atom. The fraction of sp³-hybridized carbons (Fsp3) is 0.300. The van der Waals surface area contributed by atoms with Gasteiger partial charge in [0.05, 0.1) is 51.2 Å². The third-order valence-corrected chi connectivity index (χ3v) is 6.05. The van der Waals surface area contributed by atoms with Crippen LogP contribution in [0, 0.1) is 6.92 Å². The smallest absolute Gasteiger partial charge is 0.335 e. The van der Waals surface area contributed by atoms with Gasteiger partial charge in [-0.3, -0.25) is 0 Å². The molecule has 0 spiro atoms. The van der Waals surface area contributed by atoms with E-state index in [4.69, 9.17) is 23.7 Å². The Bertz CT molecular complexity index is 1440. The van der Waals surface area contributed by atoms with E-state index in [9.17, 15) is 9.90 Å². The van der Waals surface area contributed by atoms with Crippen LogP contribution in [-0.2, 0) is 14.2 Å². The molecular formula is C30H33N3O7. The van der Waals surface area contributed by atoms with Crippen LogP contribution in [0.5, 0.6) is 11.5 Å². The minimum absolute atomic E-state index is 0.244. The first-order chi connectivity index (χ1) is 19.5. The number of methoxy groups -OCH3 is 2. The van der Waals surface area contributed by atoms with Gasteiger partial charge in [-0.05, 0) is 47.9 Å². The Morgan fingerprint density at radius 1 is 0.875 bits per heavy atom. The first kappa shape index (κ1) is 28.8. The number of anilines is 2. The van der Waals surface area contributed by atoms with Gasteiger partial charge < -0.3 is 34.1 Å². The molecule has 1 heterocycles. The highest BCUT2D eigenvalue weighted by atomic mass is 16.6. The molecule has 3 aromatic carbocycles. The molecule has 210 valence electrons. The lowest BCUT2D eigenvalue weighted by atomic mass is 9.97. The first-order valence-corrected chi connectivity index (χ1v) is 12.8. The summed E-state index contributed by atoms with van der Waals surface area (Å²) in [7, 11) is 3.23. The molecule has 4 aromatic rings. The number of fused-ring (bicyclic) bond motifs is 1. The maximum Gasteiger partial charge on any atom is 0.335 e. The third-order valence-electron chi connectivity index (χ3n) is 6.05. The van der Waals surface area contributed by atoms with Gasteiger partial charge in [0, 0.05) is 42.6 Å². The highest BCUT2D eigenvalue weighted by Gasteiger charge is 2.10. The number of aromatic nitrogens is 2. The van der Waals surface area contributed by atoms with Gasteiger partial charge in [-0.25, -0.2) is 14.8 Å². The molecule has 2 N–H and O–H groups in total. The van der Waals surface area contributed by atoms with E-state index >= 15 is 0 Å². The van der Waals surface area contributed by atoms with Gasteiger partial charge in [0.2, 0.25) is 5.95 Å². The number of carboxylic acids is 1. The number of hydrogen-bond donors (Lipinski definition) is 2. The fourth-order valence-electron chi connectivity index (χ4n) is 3.98. The number of ether oxygens (including phenoxy) is 5. The van der Waals surface area contributed by atoms with E-state index < -0.39 is 5.97 Å². The standard InChI is InChI=1S/C30H33N3O7/c1-20-4-5-22(29(34)35)15-27(20)21-6-7-28-23(14-21)19-31-30(33-28)32-24-16-25(37-3)18-26(17-24)40-13-12-39-11-10-38-9-8-36-2/h4-7,14-19H,8-13H2,1-3H3,(H,34,35)(H,31,32,33). The minimum Gasteiger partial charge on any atom is -0.497 e. The summed E-state index contributed by atoms with van der Waals surface area (Å²) in [5.74, 6) is 0.698. The van der Waals surface area contributed by atoms with Crippen LogP contribution in [0.3, 0.4) is 0 Å². The van der Waals surface area contributed by atoms with Crippen molar-refractivity contribution in [2.45, 2.75) is 6.92 Å². The van der Waals surface area contributed by atoms with Crippen molar-refractivity contribution < 1.29 is 33.6 Å². The van der Waals surface area contributed by atoms with E-state index in [1.807, 2.05) is 43.3 Å². The summed E-state index contributed by atoms with van der Waals surface area (Å²) in [5.41, 5.74) is 4.44. The van der Waals surface area contributed by atoms with Crippen molar-refractivity contribution in [3.05, 3.63) is 71.9 Å². The van der Waals surface area contributed by atoms with Crippen molar-refractivity contribution in [1.29, 1.82) is 0 Å². The maximum atomic E-state index is 11.4. The molecule has 10 nitrogen and oxygen atoms in total. The van der Waals surface area contributed by atoms with Crippen LogP contribution in [0.1, 0.15) is 15.9 Å². The summed E-state index contributed by atoms with van der Waals surface area (Å²) in [6.45, 7) is 4.83. The molecule has 0 unspecified atom stereocenters. The Labute approximate surface area is 232 Å². The van der Waals surface area contributed by atoms with Crippen LogP contribution < -0.4 is 14.8 Å². The summed E-state index contributed by atoms with van der Waals surface area (Å²) in [6, 6.07) is 16.3. The molecule has 0 bridgehead atoms. The lowest BCUT2D eigenvalue weighted by Crippen LogP contribution is -2.12. The van der Waals surface area contributed by atoms with E-state index in [0.717, 1.165) is 27.6 Å². The van der Waals surface area contributed by atoms with Crippen molar-refractivity contribution in [2.24, 2.45) is 0 Å². The van der Waals surface area contributed by atoms with Crippen molar-refractivity contribution in [3.63, 3.8) is 0 Å². The molecule has 0 aliphatic carbocycles. The highest BCUT2D eigenvalue weighted by Crippen LogP contribution is 2.30. The normalized spacial score (nSPS) is 11.0. The molecule has 0 saturated heterocycles. The van der Waals surface area contributed by atoms with Gasteiger partial charge in [0.15, 0.2) is 0 Å². The summed E-state index contributed by atoms with van der Waals surface area (Å²) >= 11 is 0. The number of nitrogens with one attached hydrogen (secondary N) is 1. The number of carbonyl (C=O) groups is 1. The van der Waals surface area contributed by atoms with Crippen molar-refractivity contribution in [1.82, 2.24) is 9.97 Å². The molecule has 0 atom stereocenters. The predicted octanol–water partition coefficient (Wildman–Crippen LogP) is 5.11. The van der Waals surface area contributed by atoms with E-state index in [-0.39, 0.29) is 5.56 Å². The second-order valence-electron chi connectivity index (χ2n) is 8.89. The number of carboxylic acid groups (broad SMARTS) is 1. The quantitative estimate of drug-likeness (QED) is 0.194. The van der Waals surface area contributed by atoms with E-state index in [0.29, 0.717) is 62.8 Å².